The van der Waals surface area contributed by atoms with Crippen molar-refractivity contribution in [3.8, 4) is 11.8 Å². The van der Waals surface area contributed by atoms with Gasteiger partial charge in [0, 0.05) is 6.07 Å². The molecule has 1 amide bonds. The molecule has 0 saturated carbocycles. The summed E-state index contributed by atoms with van der Waals surface area (Å²) in [6.45, 7) is 6.70. The van der Waals surface area contributed by atoms with E-state index < -0.39 is 23.6 Å². The van der Waals surface area contributed by atoms with Gasteiger partial charge in [0.05, 0.1) is 5.69 Å². The number of nitrogens with zero attached hydrogens (tertiary/aromatic N) is 1. The molecule has 1 aromatic carbocycles. The van der Waals surface area contributed by atoms with Gasteiger partial charge in [0.15, 0.2) is 6.10 Å². The van der Waals surface area contributed by atoms with E-state index in [0.717, 1.165) is 6.07 Å². The van der Waals surface area contributed by atoms with Crippen molar-refractivity contribution in [3.05, 3.63) is 24.0 Å². The zero-order valence-corrected chi connectivity index (χ0v) is 11.9. The molecule has 0 radical (unpaired) electrons. The Bertz CT molecular complexity index is 532. The van der Waals surface area contributed by atoms with E-state index in [1.54, 1.807) is 20.8 Å². The minimum atomic E-state index is -0.768. The van der Waals surface area contributed by atoms with E-state index in [1.165, 1.54) is 19.1 Å². The number of anilines is 1. The van der Waals surface area contributed by atoms with Gasteiger partial charge < -0.3 is 9.47 Å². The summed E-state index contributed by atoms with van der Waals surface area (Å²) in [7, 11) is 0. The minimum absolute atomic E-state index is 0.0740. The Morgan fingerprint density at radius 2 is 2.10 bits per heavy atom. The van der Waals surface area contributed by atoms with Gasteiger partial charge in [0.1, 0.15) is 23.2 Å². The average Bonchev–Trinajstić information content (AvgIpc) is 2.30. The number of carbonyl (C=O) groups is 1. The molecule has 0 fully saturated rings. The lowest BCUT2D eigenvalue weighted by Crippen LogP contribution is -2.27. The first-order valence-corrected chi connectivity index (χ1v) is 6.07. The van der Waals surface area contributed by atoms with E-state index in [9.17, 15) is 9.18 Å². The Morgan fingerprint density at radius 1 is 1.45 bits per heavy atom. The SMILES string of the molecule is CC(C#N)Oc1cc(F)ccc1NC(=O)OC(C)(C)C. The molecule has 0 heterocycles. The molecule has 1 atom stereocenters. The highest BCUT2D eigenvalue weighted by Crippen LogP contribution is 2.27. The van der Waals surface area contributed by atoms with Gasteiger partial charge in [-0.2, -0.15) is 5.26 Å². The summed E-state index contributed by atoms with van der Waals surface area (Å²) < 4.78 is 23.5. The molecule has 1 N–H and O–H groups in total. The molecule has 0 spiro atoms. The number of ether oxygens (including phenoxy) is 2. The smallest absolute Gasteiger partial charge is 0.412 e. The Kier molecular flexibility index (Phi) is 4.92. The lowest BCUT2D eigenvalue weighted by atomic mass is 10.2. The first-order valence-electron chi connectivity index (χ1n) is 6.07. The lowest BCUT2D eigenvalue weighted by molar-refractivity contribution is 0.0635. The van der Waals surface area contributed by atoms with Crippen LogP contribution >= 0.6 is 0 Å². The molecular formula is C14H17FN2O3. The largest absolute Gasteiger partial charge is 0.474 e. The summed E-state index contributed by atoms with van der Waals surface area (Å²) in [4.78, 5) is 11.7. The van der Waals surface area contributed by atoms with Gasteiger partial charge in [0.2, 0.25) is 0 Å². The molecule has 20 heavy (non-hydrogen) atoms. The topological polar surface area (TPSA) is 71.3 Å². The zero-order valence-electron chi connectivity index (χ0n) is 11.9. The monoisotopic (exact) mass is 280 g/mol. The van der Waals surface area contributed by atoms with Gasteiger partial charge in [-0.05, 0) is 39.8 Å². The van der Waals surface area contributed by atoms with Gasteiger partial charge >= 0.3 is 6.09 Å². The van der Waals surface area contributed by atoms with Crippen LogP contribution < -0.4 is 10.1 Å². The first kappa shape index (κ1) is 15.8. The molecule has 108 valence electrons. The van der Waals surface area contributed by atoms with Gasteiger partial charge in [-0.15, -0.1) is 0 Å². The molecule has 1 aromatic rings. The molecule has 1 rings (SSSR count). The van der Waals surface area contributed by atoms with E-state index in [2.05, 4.69) is 5.32 Å². The van der Waals surface area contributed by atoms with E-state index in [0.29, 0.717) is 0 Å². The molecule has 5 nitrogen and oxygen atoms in total. The lowest BCUT2D eigenvalue weighted by Gasteiger charge is -2.20. The summed E-state index contributed by atoms with van der Waals surface area (Å²) in [6, 6.07) is 5.48. The molecule has 0 aliphatic heterocycles. The fourth-order valence-corrected chi connectivity index (χ4v) is 1.33. The quantitative estimate of drug-likeness (QED) is 0.920. The third-order valence-corrected chi connectivity index (χ3v) is 2.06. The highest BCUT2D eigenvalue weighted by atomic mass is 19.1. The van der Waals surface area contributed by atoms with Crippen LogP contribution in [0.1, 0.15) is 27.7 Å². The van der Waals surface area contributed by atoms with Gasteiger partial charge in [0.25, 0.3) is 0 Å². The Labute approximate surface area is 117 Å². The molecule has 0 saturated heterocycles. The predicted molar refractivity (Wildman–Crippen MR) is 72.0 cm³/mol. The van der Waals surface area contributed by atoms with Crippen LogP contribution in [-0.4, -0.2) is 17.8 Å². The van der Waals surface area contributed by atoms with Crippen molar-refractivity contribution < 1.29 is 18.7 Å². The molecule has 0 aliphatic rings. The highest BCUT2D eigenvalue weighted by molar-refractivity contribution is 5.86. The fourth-order valence-electron chi connectivity index (χ4n) is 1.33. The molecule has 0 aliphatic carbocycles. The summed E-state index contributed by atoms with van der Waals surface area (Å²) in [5.74, 6) is -0.454. The van der Waals surface area contributed by atoms with Crippen LogP contribution in [-0.2, 0) is 4.74 Å². The molecule has 6 heteroatoms. The van der Waals surface area contributed by atoms with Crippen molar-refractivity contribution in [2.75, 3.05) is 5.32 Å². The van der Waals surface area contributed by atoms with Crippen LogP contribution in [0, 0.1) is 17.1 Å². The standard InChI is InChI=1S/C14H17FN2O3/c1-9(8-16)19-12-7-10(15)5-6-11(12)17-13(18)20-14(2,3)4/h5-7,9H,1-4H3,(H,17,18). The Hall–Kier alpha value is -2.29. The third-order valence-electron chi connectivity index (χ3n) is 2.06. The number of halogens is 1. The fraction of sp³-hybridized carbons (Fsp3) is 0.429. The number of rotatable bonds is 3. The maximum Gasteiger partial charge on any atom is 0.412 e. The van der Waals surface area contributed by atoms with Crippen LogP contribution in [0.2, 0.25) is 0 Å². The van der Waals surface area contributed by atoms with Crippen molar-refractivity contribution >= 4 is 11.8 Å². The van der Waals surface area contributed by atoms with Crippen molar-refractivity contribution in [2.24, 2.45) is 0 Å². The second-order valence-electron chi connectivity index (χ2n) is 5.16. The summed E-state index contributed by atoms with van der Waals surface area (Å²) in [6.07, 6.45) is -1.45. The first-order chi connectivity index (χ1) is 9.21. The third kappa shape index (κ3) is 5.14. The van der Waals surface area contributed by atoms with Crippen LogP contribution in [0.3, 0.4) is 0 Å². The number of amides is 1. The number of hydrogen-bond acceptors (Lipinski definition) is 4. The number of nitrogens with one attached hydrogen (secondary N) is 1. The zero-order chi connectivity index (χ0) is 15.3. The normalized spacial score (nSPS) is 12.2. The number of hydrogen-bond donors (Lipinski definition) is 1. The van der Waals surface area contributed by atoms with E-state index in [-0.39, 0.29) is 11.4 Å². The summed E-state index contributed by atoms with van der Waals surface area (Å²) >= 11 is 0. The number of benzene rings is 1. The van der Waals surface area contributed by atoms with E-state index in [4.69, 9.17) is 14.7 Å². The highest BCUT2D eigenvalue weighted by Gasteiger charge is 2.18. The maximum absolute atomic E-state index is 13.2. The predicted octanol–water partition coefficient (Wildman–Crippen LogP) is 3.46. The minimum Gasteiger partial charge on any atom is -0.474 e. The van der Waals surface area contributed by atoms with Crippen molar-refractivity contribution in [2.45, 2.75) is 39.4 Å². The average molecular weight is 280 g/mol. The van der Waals surface area contributed by atoms with Gasteiger partial charge in [-0.25, -0.2) is 9.18 Å². The maximum atomic E-state index is 13.2. The second-order valence-corrected chi connectivity index (χ2v) is 5.16. The van der Waals surface area contributed by atoms with Crippen molar-refractivity contribution in [3.63, 3.8) is 0 Å². The van der Waals surface area contributed by atoms with Gasteiger partial charge in [-0.3, -0.25) is 5.32 Å². The van der Waals surface area contributed by atoms with Crippen molar-refractivity contribution in [1.82, 2.24) is 0 Å². The molecular weight excluding hydrogens is 263 g/mol. The van der Waals surface area contributed by atoms with Gasteiger partial charge in [-0.1, -0.05) is 0 Å². The van der Waals surface area contributed by atoms with E-state index >= 15 is 0 Å². The van der Waals surface area contributed by atoms with Crippen LogP contribution in [0.5, 0.6) is 5.75 Å². The van der Waals surface area contributed by atoms with Crippen LogP contribution in [0.15, 0.2) is 18.2 Å². The molecule has 1 unspecified atom stereocenters. The van der Waals surface area contributed by atoms with E-state index in [1.807, 2.05) is 6.07 Å². The van der Waals surface area contributed by atoms with Crippen LogP contribution in [0.25, 0.3) is 0 Å². The summed E-state index contributed by atoms with van der Waals surface area (Å²) in [5, 5.41) is 11.2. The Morgan fingerprint density at radius 3 is 2.65 bits per heavy atom. The number of nitriles is 1. The number of carbonyl (C=O) groups excluding carboxylic acids is 1. The molecule has 0 bridgehead atoms. The summed E-state index contributed by atoms with van der Waals surface area (Å²) in [5.41, 5.74) is -0.409. The Balaban J connectivity index is 2.89. The van der Waals surface area contributed by atoms with Crippen molar-refractivity contribution in [1.29, 1.82) is 5.26 Å². The van der Waals surface area contributed by atoms with Crippen LogP contribution in [0.4, 0.5) is 14.9 Å². The molecule has 0 aromatic heterocycles. The second kappa shape index (κ2) is 6.24.